The number of benzene rings is 1. The predicted octanol–water partition coefficient (Wildman–Crippen LogP) is 3.97. The third kappa shape index (κ3) is 11.8. The molecule has 0 heterocycles. The van der Waals surface area contributed by atoms with Gasteiger partial charge in [0, 0.05) is 0 Å². The minimum atomic E-state index is -1.33. The summed E-state index contributed by atoms with van der Waals surface area (Å²) in [5.41, 5.74) is 7.60. The van der Waals surface area contributed by atoms with Gasteiger partial charge < -0.3 is 0 Å². The first-order chi connectivity index (χ1) is 11.5. The molecule has 0 aliphatic heterocycles. The minimum Gasteiger partial charge on any atom is -0.180 e. The van der Waals surface area contributed by atoms with Crippen molar-refractivity contribution in [1.29, 1.82) is 0 Å². The standard InChI is InChI=1S/C23H37Si.Li/c1-6-8-10-12-14-21-16-17-22(15-13-11-9-7-2)23(20-21)18-19-24(3,4)5;/h17,20H,6-15H2,1-5H3;/q-1;+1. The molecule has 25 heavy (non-hydrogen) atoms. The van der Waals surface area contributed by atoms with Gasteiger partial charge in [-0.15, -0.1) is 17.0 Å². The smallest absolute Gasteiger partial charge is 0.180 e. The molecule has 0 amide bonds. The van der Waals surface area contributed by atoms with E-state index >= 15 is 0 Å². The van der Waals surface area contributed by atoms with Crippen LogP contribution < -0.4 is 18.9 Å². The van der Waals surface area contributed by atoms with Gasteiger partial charge in [0.2, 0.25) is 0 Å². The summed E-state index contributed by atoms with van der Waals surface area (Å²) in [5, 5.41) is 0. The van der Waals surface area contributed by atoms with Crippen LogP contribution in [0.5, 0.6) is 0 Å². The van der Waals surface area contributed by atoms with Crippen LogP contribution in [-0.2, 0) is 12.8 Å². The monoisotopic (exact) mass is 348 g/mol. The normalized spacial score (nSPS) is 10.8. The third-order valence-corrected chi connectivity index (χ3v) is 5.14. The van der Waals surface area contributed by atoms with Crippen LogP contribution in [-0.4, -0.2) is 8.07 Å². The van der Waals surface area contributed by atoms with Crippen LogP contribution in [0.25, 0.3) is 0 Å². The zero-order chi connectivity index (χ0) is 17.8. The van der Waals surface area contributed by atoms with E-state index in [9.17, 15) is 0 Å². The van der Waals surface area contributed by atoms with E-state index in [-0.39, 0.29) is 18.9 Å². The Kier molecular flexibility index (Phi) is 13.5. The van der Waals surface area contributed by atoms with Crippen LogP contribution in [0, 0.1) is 17.5 Å². The Morgan fingerprint density at radius 2 is 1.48 bits per heavy atom. The molecule has 1 aromatic carbocycles. The number of hydrogen-bond acceptors (Lipinski definition) is 0. The fourth-order valence-electron chi connectivity index (χ4n) is 2.77. The minimum absolute atomic E-state index is 0. The van der Waals surface area contributed by atoms with E-state index in [4.69, 9.17) is 0 Å². The first kappa shape index (κ1) is 24.6. The molecule has 0 aromatic heterocycles. The Labute approximate surface area is 170 Å². The van der Waals surface area contributed by atoms with Crippen LogP contribution in [0.1, 0.15) is 81.9 Å². The summed E-state index contributed by atoms with van der Waals surface area (Å²) < 4.78 is 0. The fraction of sp³-hybridized carbons (Fsp3) is 0.652. The Hall–Kier alpha value is -0.406. The van der Waals surface area contributed by atoms with Crippen LogP contribution >= 0.6 is 0 Å². The molecule has 0 saturated carbocycles. The molecule has 0 unspecified atom stereocenters. The van der Waals surface area contributed by atoms with Gasteiger partial charge in [-0.1, -0.05) is 103 Å². The zero-order valence-electron chi connectivity index (χ0n) is 17.7. The molecule has 0 spiro atoms. The van der Waals surface area contributed by atoms with Gasteiger partial charge in [-0.2, -0.15) is 23.8 Å². The van der Waals surface area contributed by atoms with Crippen molar-refractivity contribution in [2.75, 3.05) is 0 Å². The van der Waals surface area contributed by atoms with E-state index in [1.54, 1.807) is 0 Å². The van der Waals surface area contributed by atoms with Gasteiger partial charge in [-0.3, -0.25) is 0 Å². The molecule has 0 aliphatic rings. The summed E-state index contributed by atoms with van der Waals surface area (Å²) in [6.07, 6.45) is 12.8. The molecule has 2 heteroatoms. The molecule has 0 bridgehead atoms. The molecular weight excluding hydrogens is 311 g/mol. The van der Waals surface area contributed by atoms with E-state index in [1.807, 2.05) is 0 Å². The van der Waals surface area contributed by atoms with E-state index in [0.29, 0.717) is 0 Å². The van der Waals surface area contributed by atoms with Crippen LogP contribution in [0.4, 0.5) is 0 Å². The summed E-state index contributed by atoms with van der Waals surface area (Å²) in [5.74, 6) is 3.53. The van der Waals surface area contributed by atoms with Gasteiger partial charge in [0.1, 0.15) is 8.07 Å². The van der Waals surface area contributed by atoms with Gasteiger partial charge in [0.25, 0.3) is 0 Å². The maximum absolute atomic E-state index is 3.56. The van der Waals surface area contributed by atoms with Crippen molar-refractivity contribution in [1.82, 2.24) is 0 Å². The average molecular weight is 349 g/mol. The van der Waals surface area contributed by atoms with Gasteiger partial charge >= 0.3 is 18.9 Å². The molecule has 0 nitrogen and oxygen atoms in total. The van der Waals surface area contributed by atoms with E-state index in [1.165, 1.54) is 68.1 Å². The van der Waals surface area contributed by atoms with Crippen molar-refractivity contribution >= 4 is 8.07 Å². The van der Waals surface area contributed by atoms with E-state index in [0.717, 1.165) is 12.8 Å². The number of unbranched alkanes of at least 4 members (excludes halogenated alkanes) is 6. The second kappa shape index (κ2) is 13.8. The van der Waals surface area contributed by atoms with Crippen molar-refractivity contribution < 1.29 is 18.9 Å². The fourth-order valence-corrected chi connectivity index (χ4v) is 3.28. The Bertz CT molecular complexity index is 531. The van der Waals surface area contributed by atoms with Gasteiger partial charge in [-0.05, 0) is 0 Å². The maximum Gasteiger partial charge on any atom is 1.00 e. The molecule has 0 radical (unpaired) electrons. The topological polar surface area (TPSA) is 0 Å². The maximum atomic E-state index is 3.56. The molecule has 0 N–H and O–H groups in total. The largest absolute Gasteiger partial charge is 1.00 e. The Balaban J connectivity index is 0.00000576. The van der Waals surface area contributed by atoms with Crippen LogP contribution in [0.2, 0.25) is 19.6 Å². The van der Waals surface area contributed by atoms with E-state index < -0.39 is 8.07 Å². The number of hydrogen-bond donors (Lipinski definition) is 0. The molecule has 1 aromatic rings. The van der Waals surface area contributed by atoms with Crippen molar-refractivity contribution in [3.05, 3.63) is 34.9 Å². The molecule has 1 rings (SSSR count). The quantitative estimate of drug-likeness (QED) is 0.260. The molecule has 0 aliphatic carbocycles. The van der Waals surface area contributed by atoms with Crippen molar-refractivity contribution in [2.45, 2.75) is 97.7 Å². The van der Waals surface area contributed by atoms with Crippen LogP contribution in [0.3, 0.4) is 0 Å². The molecule has 0 atom stereocenters. The average Bonchev–Trinajstić information content (AvgIpc) is 2.54. The number of rotatable bonds is 10. The van der Waals surface area contributed by atoms with Crippen molar-refractivity contribution in [2.24, 2.45) is 0 Å². The zero-order valence-corrected chi connectivity index (χ0v) is 18.7. The Morgan fingerprint density at radius 1 is 0.880 bits per heavy atom. The molecule has 0 saturated heterocycles. The summed E-state index contributed by atoms with van der Waals surface area (Å²) in [6, 6.07) is 8.10. The first-order valence-corrected chi connectivity index (χ1v) is 13.5. The van der Waals surface area contributed by atoms with Gasteiger partial charge in [0.05, 0.1) is 0 Å². The second-order valence-electron chi connectivity index (χ2n) is 8.02. The van der Waals surface area contributed by atoms with E-state index in [2.05, 4.69) is 63.2 Å². The van der Waals surface area contributed by atoms with Gasteiger partial charge in [-0.25, -0.2) is 0 Å². The second-order valence-corrected chi connectivity index (χ2v) is 12.8. The summed E-state index contributed by atoms with van der Waals surface area (Å²) in [4.78, 5) is 0. The molecule has 0 fully saturated rings. The van der Waals surface area contributed by atoms with Crippen LogP contribution in [0.15, 0.2) is 12.1 Å². The summed E-state index contributed by atoms with van der Waals surface area (Å²) in [6.45, 7) is 11.5. The summed E-state index contributed by atoms with van der Waals surface area (Å²) >= 11 is 0. The van der Waals surface area contributed by atoms with Crippen molar-refractivity contribution in [3.8, 4) is 11.5 Å². The SMILES string of the molecule is CCCCCCc1[c-]cc(CCCCCC)c(C#C[Si](C)(C)C)c1.[Li+]. The Morgan fingerprint density at radius 3 is 2.04 bits per heavy atom. The van der Waals surface area contributed by atoms with Crippen molar-refractivity contribution in [3.63, 3.8) is 0 Å². The first-order valence-electron chi connectivity index (χ1n) is 10.0. The molecular formula is C23H37LiSi. The number of aryl methyl sites for hydroxylation is 2. The predicted molar refractivity (Wildman–Crippen MR) is 111 cm³/mol. The third-order valence-electron chi connectivity index (χ3n) is 4.27. The molecule has 134 valence electrons. The van der Waals surface area contributed by atoms with Gasteiger partial charge in [0.15, 0.2) is 0 Å². The summed E-state index contributed by atoms with van der Waals surface area (Å²) in [7, 11) is -1.33.